The van der Waals surface area contributed by atoms with E-state index in [4.69, 9.17) is 14.5 Å². The fraction of sp³-hybridized carbons (Fsp3) is 0.652. The van der Waals surface area contributed by atoms with Crippen LogP contribution in [0, 0.1) is 5.92 Å². The number of hydrogen-bond donors (Lipinski definition) is 2. The molecule has 1 unspecified atom stereocenters. The molecule has 0 aromatic heterocycles. The summed E-state index contributed by atoms with van der Waals surface area (Å²) in [4.78, 5) is 21.1. The second-order valence-corrected chi connectivity index (χ2v) is 8.10. The van der Waals surface area contributed by atoms with Gasteiger partial charge in [-0.1, -0.05) is 6.07 Å². The molecular formula is C23H40IN5O3. The molecule has 8 nitrogen and oxygen atoms in total. The molecule has 1 amide bonds. The Morgan fingerprint density at radius 1 is 1.22 bits per heavy atom. The number of guanidine groups is 1. The molecule has 182 valence electrons. The summed E-state index contributed by atoms with van der Waals surface area (Å²) >= 11 is 0. The van der Waals surface area contributed by atoms with Crippen LogP contribution in [0.25, 0.3) is 0 Å². The molecule has 1 fully saturated rings. The van der Waals surface area contributed by atoms with Crippen LogP contribution in [0.3, 0.4) is 0 Å². The number of carbonyl (C=O) groups excluding carboxylic acids is 1. The largest absolute Gasteiger partial charge is 0.493 e. The van der Waals surface area contributed by atoms with Gasteiger partial charge in [0.15, 0.2) is 17.5 Å². The minimum atomic E-state index is 0. The lowest BCUT2D eigenvalue weighted by molar-refractivity contribution is -0.121. The van der Waals surface area contributed by atoms with Crippen LogP contribution in [0.1, 0.15) is 37.8 Å². The lowest BCUT2D eigenvalue weighted by Crippen LogP contribution is -2.46. The van der Waals surface area contributed by atoms with E-state index in [0.717, 1.165) is 55.5 Å². The quantitative estimate of drug-likeness (QED) is 0.275. The van der Waals surface area contributed by atoms with E-state index in [2.05, 4.69) is 47.5 Å². The van der Waals surface area contributed by atoms with Crippen LogP contribution < -0.4 is 20.1 Å². The van der Waals surface area contributed by atoms with E-state index in [1.807, 2.05) is 12.1 Å². The van der Waals surface area contributed by atoms with E-state index in [-0.39, 0.29) is 35.9 Å². The molecule has 0 saturated carbocycles. The first kappa shape index (κ1) is 28.3. The minimum absolute atomic E-state index is 0. The zero-order valence-corrected chi connectivity index (χ0v) is 22.6. The fourth-order valence-electron chi connectivity index (χ4n) is 3.94. The van der Waals surface area contributed by atoms with Crippen molar-refractivity contribution in [3.8, 4) is 11.5 Å². The maximum Gasteiger partial charge on any atom is 0.220 e. The highest BCUT2D eigenvalue weighted by atomic mass is 127. The average molecular weight is 562 g/mol. The first-order chi connectivity index (χ1) is 14.9. The number of nitrogens with zero attached hydrogens (tertiary/aromatic N) is 3. The highest BCUT2D eigenvalue weighted by Crippen LogP contribution is 2.31. The number of carbonyl (C=O) groups is 1. The molecule has 1 aromatic rings. The third-order valence-corrected chi connectivity index (χ3v) is 5.83. The van der Waals surface area contributed by atoms with Crippen LogP contribution in [0.15, 0.2) is 23.2 Å². The Morgan fingerprint density at radius 2 is 1.88 bits per heavy atom. The van der Waals surface area contributed by atoms with Gasteiger partial charge in [-0.25, -0.2) is 0 Å². The molecule has 0 radical (unpaired) electrons. The Bertz CT molecular complexity index is 736. The average Bonchev–Trinajstić information content (AvgIpc) is 2.78. The lowest BCUT2D eigenvalue weighted by Gasteiger charge is -2.34. The molecule has 1 saturated heterocycles. The third-order valence-electron chi connectivity index (χ3n) is 5.83. The Labute approximate surface area is 210 Å². The molecule has 1 atom stereocenters. The maximum atomic E-state index is 11.7. The Morgan fingerprint density at radius 3 is 2.41 bits per heavy atom. The number of rotatable bonds is 9. The van der Waals surface area contributed by atoms with Crippen molar-refractivity contribution in [3.05, 3.63) is 23.8 Å². The maximum absolute atomic E-state index is 11.7. The van der Waals surface area contributed by atoms with Gasteiger partial charge in [-0.15, -0.1) is 24.0 Å². The van der Waals surface area contributed by atoms with Gasteiger partial charge in [0.25, 0.3) is 0 Å². The molecule has 0 spiro atoms. The minimum Gasteiger partial charge on any atom is -0.493 e. The number of halogens is 1. The number of hydrogen-bond acceptors (Lipinski definition) is 5. The topological polar surface area (TPSA) is 78.4 Å². The van der Waals surface area contributed by atoms with Crippen LogP contribution in [0.5, 0.6) is 11.5 Å². The predicted molar refractivity (Wildman–Crippen MR) is 140 cm³/mol. The molecule has 2 rings (SSSR count). The van der Waals surface area contributed by atoms with Crippen molar-refractivity contribution < 1.29 is 14.3 Å². The van der Waals surface area contributed by atoms with Gasteiger partial charge in [-0.05, 0) is 57.5 Å². The highest BCUT2D eigenvalue weighted by Gasteiger charge is 2.24. The standard InChI is InChI=1S/C23H39N5O3.HI/c1-7-25-23(28-12-10-17(11-13-28)14-22(29)24-2)26-16-19(27(3)4)18-8-9-20(30-5)21(15-18)31-6;/h8-9,15,17,19H,7,10-14,16H2,1-6H3,(H,24,29)(H,25,26);1H. The van der Waals surface area contributed by atoms with Crippen LogP contribution in [-0.2, 0) is 4.79 Å². The van der Waals surface area contributed by atoms with Gasteiger partial charge >= 0.3 is 0 Å². The van der Waals surface area contributed by atoms with Gasteiger partial charge in [0.2, 0.25) is 5.91 Å². The molecule has 32 heavy (non-hydrogen) atoms. The summed E-state index contributed by atoms with van der Waals surface area (Å²) in [6, 6.07) is 6.14. The van der Waals surface area contributed by atoms with Crippen molar-refractivity contribution in [1.29, 1.82) is 0 Å². The molecule has 0 bridgehead atoms. The number of likely N-dealkylation sites (tertiary alicyclic amines) is 1. The van der Waals surface area contributed by atoms with Crippen LogP contribution >= 0.6 is 24.0 Å². The summed E-state index contributed by atoms with van der Waals surface area (Å²) in [5.41, 5.74) is 1.13. The van der Waals surface area contributed by atoms with Gasteiger partial charge < -0.3 is 29.9 Å². The fourth-order valence-corrected chi connectivity index (χ4v) is 3.94. The molecule has 9 heteroatoms. The summed E-state index contributed by atoms with van der Waals surface area (Å²) in [6.07, 6.45) is 2.62. The number of likely N-dealkylation sites (N-methyl/N-ethyl adjacent to an activating group) is 1. The molecule has 0 aliphatic carbocycles. The second-order valence-electron chi connectivity index (χ2n) is 8.10. The zero-order valence-electron chi connectivity index (χ0n) is 20.3. The number of benzene rings is 1. The molecule has 1 aliphatic rings. The molecule has 1 heterocycles. The molecule has 1 aliphatic heterocycles. The zero-order chi connectivity index (χ0) is 22.8. The van der Waals surface area contributed by atoms with Gasteiger partial charge in [0, 0.05) is 33.1 Å². The predicted octanol–water partition coefficient (Wildman–Crippen LogP) is 2.74. The summed E-state index contributed by atoms with van der Waals surface area (Å²) < 4.78 is 10.9. The third kappa shape index (κ3) is 7.99. The van der Waals surface area contributed by atoms with E-state index < -0.39 is 0 Å². The SMILES string of the molecule is CCNC(=NCC(c1ccc(OC)c(OC)c1)N(C)C)N1CCC(CC(=O)NC)CC1.I. The normalized spacial score (nSPS) is 15.7. The lowest BCUT2D eigenvalue weighted by atomic mass is 9.93. The summed E-state index contributed by atoms with van der Waals surface area (Å²) in [6.45, 7) is 5.36. The first-order valence-corrected chi connectivity index (χ1v) is 11.1. The van der Waals surface area contributed by atoms with Crippen molar-refractivity contribution in [3.63, 3.8) is 0 Å². The summed E-state index contributed by atoms with van der Waals surface area (Å²) in [5, 5.41) is 6.17. The van der Waals surface area contributed by atoms with Gasteiger partial charge in [0.05, 0.1) is 26.8 Å². The Kier molecular flexibility index (Phi) is 12.7. The number of ether oxygens (including phenoxy) is 2. The number of piperidine rings is 1. The number of nitrogens with one attached hydrogen (secondary N) is 2. The number of aliphatic imine (C=N–C) groups is 1. The van der Waals surface area contributed by atoms with Crippen LogP contribution in [0.2, 0.25) is 0 Å². The van der Waals surface area contributed by atoms with Crippen LogP contribution in [-0.4, -0.2) is 83.2 Å². The molecule has 1 aromatic carbocycles. The highest BCUT2D eigenvalue weighted by molar-refractivity contribution is 14.0. The van der Waals surface area contributed by atoms with Gasteiger partial charge in [-0.2, -0.15) is 0 Å². The van der Waals surface area contributed by atoms with E-state index in [1.165, 1.54) is 0 Å². The van der Waals surface area contributed by atoms with Crippen molar-refractivity contribution in [2.75, 3.05) is 61.5 Å². The van der Waals surface area contributed by atoms with E-state index in [9.17, 15) is 4.79 Å². The monoisotopic (exact) mass is 561 g/mol. The van der Waals surface area contributed by atoms with Crippen molar-refractivity contribution in [2.45, 2.75) is 32.2 Å². The summed E-state index contributed by atoms with van der Waals surface area (Å²) in [7, 11) is 9.13. The first-order valence-electron chi connectivity index (χ1n) is 11.1. The smallest absolute Gasteiger partial charge is 0.220 e. The van der Waals surface area contributed by atoms with Crippen molar-refractivity contribution in [1.82, 2.24) is 20.4 Å². The van der Waals surface area contributed by atoms with Gasteiger partial charge in [0.1, 0.15) is 0 Å². The van der Waals surface area contributed by atoms with Crippen molar-refractivity contribution >= 4 is 35.8 Å². The Hall–Kier alpha value is -1.75. The van der Waals surface area contributed by atoms with Crippen molar-refractivity contribution in [2.24, 2.45) is 10.9 Å². The summed E-state index contributed by atoms with van der Waals surface area (Å²) in [5.74, 6) is 2.96. The Balaban J connectivity index is 0.00000512. The van der Waals surface area contributed by atoms with E-state index >= 15 is 0 Å². The van der Waals surface area contributed by atoms with Crippen LogP contribution in [0.4, 0.5) is 0 Å². The molecule has 2 N–H and O–H groups in total. The number of methoxy groups -OCH3 is 2. The molecular weight excluding hydrogens is 521 g/mol. The second kappa shape index (κ2) is 14.4. The number of amides is 1. The van der Waals surface area contributed by atoms with E-state index in [0.29, 0.717) is 18.9 Å². The van der Waals surface area contributed by atoms with Gasteiger partial charge in [-0.3, -0.25) is 9.79 Å². The van der Waals surface area contributed by atoms with E-state index in [1.54, 1.807) is 21.3 Å².